The van der Waals surface area contributed by atoms with E-state index in [2.05, 4.69) is 9.88 Å². The first-order valence-electron chi connectivity index (χ1n) is 9.61. The van der Waals surface area contributed by atoms with Gasteiger partial charge in [-0.25, -0.2) is 13.1 Å². The molecule has 2 heterocycles. The first kappa shape index (κ1) is 25.4. The maximum Gasteiger partial charge on any atom is 0.265 e. The van der Waals surface area contributed by atoms with Crippen molar-refractivity contribution >= 4 is 44.6 Å². The number of ether oxygens (including phenoxy) is 3. The van der Waals surface area contributed by atoms with E-state index in [1.54, 1.807) is 13.0 Å². The Kier molecular flexibility index (Phi) is 7.71. The summed E-state index contributed by atoms with van der Waals surface area (Å²) in [5.74, 6) is 0.0687. The lowest BCUT2D eigenvalue weighted by atomic mass is 9.97. The lowest BCUT2D eigenvalue weighted by molar-refractivity contribution is 0.0992. The second-order valence-corrected chi connectivity index (χ2v) is 9.79. The fourth-order valence-corrected chi connectivity index (χ4v) is 5.81. The Morgan fingerprint density at radius 1 is 1.26 bits per heavy atom. The van der Waals surface area contributed by atoms with Crippen LogP contribution in [0.3, 0.4) is 0 Å². The standard InChI is InChI=1S/C21H20ClN3O7S2/c1-11-17(22)21(32-24-11)25-34(27,28)16-6-8-33-20(16)14(26)10-13-12(5-7-23)9-15(29-2)19(31-4)18(13)30-3/h6,8-9,25H,5,10H2,1-4H3. The molecule has 1 aromatic carbocycles. The highest BCUT2D eigenvalue weighted by atomic mass is 35.5. The van der Waals surface area contributed by atoms with E-state index in [-0.39, 0.29) is 45.0 Å². The van der Waals surface area contributed by atoms with Crippen LogP contribution < -0.4 is 18.9 Å². The van der Waals surface area contributed by atoms with Crippen molar-refractivity contribution in [1.82, 2.24) is 5.16 Å². The zero-order chi connectivity index (χ0) is 25.0. The third-order valence-electron chi connectivity index (χ3n) is 4.82. The number of benzene rings is 1. The molecule has 1 N–H and O–H groups in total. The van der Waals surface area contributed by atoms with Crippen molar-refractivity contribution in [3.05, 3.63) is 44.2 Å². The third kappa shape index (κ3) is 4.82. The van der Waals surface area contributed by atoms with E-state index in [0.717, 1.165) is 11.3 Å². The van der Waals surface area contributed by atoms with Gasteiger partial charge >= 0.3 is 0 Å². The number of aryl methyl sites for hydroxylation is 1. The van der Waals surface area contributed by atoms with E-state index < -0.39 is 15.8 Å². The number of sulfonamides is 1. The van der Waals surface area contributed by atoms with Crippen molar-refractivity contribution in [2.45, 2.75) is 24.7 Å². The largest absolute Gasteiger partial charge is 0.493 e. The second kappa shape index (κ2) is 10.3. The minimum atomic E-state index is -4.21. The summed E-state index contributed by atoms with van der Waals surface area (Å²) in [4.78, 5) is 13.0. The van der Waals surface area contributed by atoms with Gasteiger partial charge in [-0.1, -0.05) is 16.8 Å². The third-order valence-corrected chi connectivity index (χ3v) is 7.73. The van der Waals surface area contributed by atoms with Crippen LogP contribution in [0.5, 0.6) is 17.2 Å². The predicted molar refractivity (Wildman–Crippen MR) is 125 cm³/mol. The maximum atomic E-state index is 13.3. The molecule has 2 aromatic heterocycles. The minimum Gasteiger partial charge on any atom is -0.493 e. The number of rotatable bonds is 10. The zero-order valence-corrected chi connectivity index (χ0v) is 21.0. The van der Waals surface area contributed by atoms with Crippen LogP contribution in [0.25, 0.3) is 0 Å². The van der Waals surface area contributed by atoms with E-state index >= 15 is 0 Å². The zero-order valence-electron chi connectivity index (χ0n) is 18.6. The summed E-state index contributed by atoms with van der Waals surface area (Å²) < 4.78 is 49.3. The number of halogens is 1. The van der Waals surface area contributed by atoms with Crippen LogP contribution in [-0.4, -0.2) is 40.7 Å². The highest BCUT2D eigenvalue weighted by Gasteiger charge is 2.29. The minimum absolute atomic E-state index is 0.0143. The summed E-state index contributed by atoms with van der Waals surface area (Å²) in [5, 5.41) is 14.4. The summed E-state index contributed by atoms with van der Waals surface area (Å²) in [6.45, 7) is 1.55. The molecule has 10 nitrogen and oxygen atoms in total. The molecule has 0 bridgehead atoms. The van der Waals surface area contributed by atoms with E-state index in [1.165, 1.54) is 32.8 Å². The van der Waals surface area contributed by atoms with Gasteiger partial charge in [-0.15, -0.1) is 11.3 Å². The fourth-order valence-electron chi connectivity index (χ4n) is 3.26. The lowest BCUT2D eigenvalue weighted by Gasteiger charge is -2.18. The molecule has 34 heavy (non-hydrogen) atoms. The number of hydrogen-bond donors (Lipinski definition) is 1. The Morgan fingerprint density at radius 3 is 2.53 bits per heavy atom. The molecule has 0 fully saturated rings. The van der Waals surface area contributed by atoms with Gasteiger partial charge in [0.15, 0.2) is 17.3 Å². The molecule has 0 unspecified atom stereocenters. The van der Waals surface area contributed by atoms with Crippen molar-refractivity contribution in [1.29, 1.82) is 5.26 Å². The first-order valence-corrected chi connectivity index (χ1v) is 12.3. The van der Waals surface area contributed by atoms with Crippen LogP contribution in [0.1, 0.15) is 26.5 Å². The normalized spacial score (nSPS) is 11.1. The van der Waals surface area contributed by atoms with Crippen LogP contribution in [0.4, 0.5) is 5.88 Å². The van der Waals surface area contributed by atoms with Crippen molar-refractivity contribution in [3.8, 4) is 23.3 Å². The fraction of sp³-hybridized carbons (Fsp3) is 0.286. The van der Waals surface area contributed by atoms with Gasteiger partial charge in [0, 0.05) is 12.0 Å². The SMILES string of the molecule is COc1cc(CC#N)c(CC(=O)c2sccc2S(=O)(=O)Nc2onc(C)c2Cl)c(OC)c1OC. The molecule has 180 valence electrons. The molecule has 0 aliphatic rings. The average molecular weight is 526 g/mol. The topological polar surface area (TPSA) is 141 Å². The highest BCUT2D eigenvalue weighted by Crippen LogP contribution is 2.43. The maximum absolute atomic E-state index is 13.3. The van der Waals surface area contributed by atoms with Crippen LogP contribution in [0, 0.1) is 18.3 Å². The molecule has 0 radical (unpaired) electrons. The monoisotopic (exact) mass is 525 g/mol. The molecule has 3 aromatic rings. The number of methoxy groups -OCH3 is 3. The number of nitriles is 1. The Bertz CT molecular complexity index is 1370. The highest BCUT2D eigenvalue weighted by molar-refractivity contribution is 7.93. The quantitative estimate of drug-likeness (QED) is 0.388. The Labute approximate surface area is 205 Å². The summed E-state index contributed by atoms with van der Waals surface area (Å²) in [6, 6.07) is 4.94. The molecular weight excluding hydrogens is 506 g/mol. The first-order chi connectivity index (χ1) is 16.2. The van der Waals surface area contributed by atoms with Crippen molar-refractivity contribution < 1.29 is 31.9 Å². The van der Waals surface area contributed by atoms with Gasteiger partial charge in [0.25, 0.3) is 15.9 Å². The van der Waals surface area contributed by atoms with Crippen molar-refractivity contribution in [2.75, 3.05) is 26.1 Å². The summed E-state index contributed by atoms with van der Waals surface area (Å²) in [7, 11) is 0.0441. The molecule has 13 heteroatoms. The number of ketones is 1. The van der Waals surface area contributed by atoms with Gasteiger partial charge in [-0.2, -0.15) is 5.26 Å². The van der Waals surface area contributed by atoms with Gasteiger partial charge in [0.2, 0.25) is 5.75 Å². The molecule has 0 aliphatic heterocycles. The van der Waals surface area contributed by atoms with Gasteiger partial charge in [-0.05, 0) is 30.0 Å². The smallest absolute Gasteiger partial charge is 0.265 e. The lowest BCUT2D eigenvalue weighted by Crippen LogP contribution is -2.16. The molecule has 0 atom stereocenters. The van der Waals surface area contributed by atoms with E-state index in [4.69, 9.17) is 30.3 Å². The summed E-state index contributed by atoms with van der Waals surface area (Å²) in [6.07, 6.45) is -0.272. The van der Waals surface area contributed by atoms with Gasteiger partial charge < -0.3 is 18.7 Å². The second-order valence-electron chi connectivity index (χ2n) is 6.85. The van der Waals surface area contributed by atoms with Crippen LogP contribution >= 0.6 is 22.9 Å². The van der Waals surface area contributed by atoms with Gasteiger partial charge in [-0.3, -0.25) is 4.79 Å². The number of Topliss-reactive ketones (excluding diaryl/α,β-unsaturated/α-hetero) is 1. The van der Waals surface area contributed by atoms with Gasteiger partial charge in [0.1, 0.15) is 15.6 Å². The molecule has 0 aliphatic carbocycles. The van der Waals surface area contributed by atoms with Crippen LogP contribution in [-0.2, 0) is 22.9 Å². The molecule has 0 amide bonds. The molecule has 3 rings (SSSR count). The van der Waals surface area contributed by atoms with Crippen molar-refractivity contribution in [3.63, 3.8) is 0 Å². The molecule has 0 saturated heterocycles. The Morgan fingerprint density at radius 2 is 1.97 bits per heavy atom. The van der Waals surface area contributed by atoms with E-state index in [9.17, 15) is 18.5 Å². The number of hydrogen-bond acceptors (Lipinski definition) is 10. The van der Waals surface area contributed by atoms with Crippen LogP contribution in [0.2, 0.25) is 5.02 Å². The van der Waals surface area contributed by atoms with E-state index in [1.807, 2.05) is 6.07 Å². The number of nitrogens with one attached hydrogen (secondary N) is 1. The summed E-state index contributed by atoms with van der Waals surface area (Å²) >= 11 is 6.97. The number of carbonyl (C=O) groups is 1. The number of thiophene rings is 1. The van der Waals surface area contributed by atoms with Crippen molar-refractivity contribution in [2.24, 2.45) is 0 Å². The van der Waals surface area contributed by atoms with E-state index in [0.29, 0.717) is 22.6 Å². The number of nitrogens with zero attached hydrogens (tertiary/aromatic N) is 2. The number of carbonyl (C=O) groups excluding carboxylic acids is 1. The average Bonchev–Trinajstić information content (AvgIpc) is 3.43. The number of aromatic nitrogens is 1. The predicted octanol–water partition coefficient (Wildman–Crippen LogP) is 4.02. The summed E-state index contributed by atoms with van der Waals surface area (Å²) in [5.41, 5.74) is 1.20. The molecular formula is C21H20ClN3O7S2. The van der Waals surface area contributed by atoms with Crippen LogP contribution in [0.15, 0.2) is 26.9 Å². The molecule has 0 spiro atoms. The Balaban J connectivity index is 2.02. The Hall–Kier alpha value is -3.27. The molecule has 0 saturated carbocycles. The van der Waals surface area contributed by atoms with Gasteiger partial charge in [0.05, 0.1) is 38.7 Å². The number of anilines is 1.